The molecule has 1 aliphatic heterocycles. The maximum Gasteiger partial charge on any atom is 0.573 e. The summed E-state index contributed by atoms with van der Waals surface area (Å²) in [6.45, 7) is 3.37. The van der Waals surface area contributed by atoms with Crippen LogP contribution in [-0.4, -0.2) is 43.4 Å². The van der Waals surface area contributed by atoms with Gasteiger partial charge >= 0.3 is 6.36 Å². The summed E-state index contributed by atoms with van der Waals surface area (Å²) in [4.78, 5) is 7.12. The molecule has 0 spiro atoms. The Morgan fingerprint density at radius 1 is 0.897 bits per heavy atom. The van der Waals surface area contributed by atoms with Gasteiger partial charge < -0.3 is 25.4 Å². The Hall–Kier alpha value is -3.72. The van der Waals surface area contributed by atoms with Crippen LogP contribution in [-0.2, 0) is 13.0 Å². The van der Waals surface area contributed by atoms with Crippen LogP contribution < -0.4 is 20.5 Å². The summed E-state index contributed by atoms with van der Waals surface area (Å²) in [7, 11) is 0. The van der Waals surface area contributed by atoms with Crippen molar-refractivity contribution < 1.29 is 22.6 Å². The summed E-state index contributed by atoms with van der Waals surface area (Å²) in [5.41, 5.74) is 8.71. The van der Waals surface area contributed by atoms with E-state index in [1.807, 2.05) is 24.3 Å². The van der Waals surface area contributed by atoms with Crippen molar-refractivity contribution in [3.63, 3.8) is 0 Å². The monoisotopic (exact) mass is 540 g/mol. The maximum absolute atomic E-state index is 12.3. The molecule has 3 aromatic rings. The van der Waals surface area contributed by atoms with E-state index < -0.39 is 6.36 Å². The zero-order chi connectivity index (χ0) is 27.5. The van der Waals surface area contributed by atoms with Gasteiger partial charge in [-0.05, 0) is 85.7 Å². The second kappa shape index (κ2) is 13.9. The van der Waals surface area contributed by atoms with Crippen LogP contribution in [0.4, 0.5) is 18.9 Å². The van der Waals surface area contributed by atoms with Gasteiger partial charge in [0.25, 0.3) is 0 Å². The van der Waals surface area contributed by atoms with Gasteiger partial charge in [0.2, 0.25) is 0 Å². The number of nitrogens with one attached hydrogen (secondary N) is 1. The fourth-order valence-corrected chi connectivity index (χ4v) is 4.51. The summed E-state index contributed by atoms with van der Waals surface area (Å²) < 4.78 is 46.7. The lowest BCUT2D eigenvalue weighted by molar-refractivity contribution is -0.274. The van der Waals surface area contributed by atoms with Crippen molar-refractivity contribution in [1.29, 1.82) is 0 Å². The van der Waals surface area contributed by atoms with Crippen LogP contribution in [0.5, 0.6) is 11.5 Å². The van der Waals surface area contributed by atoms with Gasteiger partial charge in [-0.25, -0.2) is 0 Å². The second-order valence-corrected chi connectivity index (χ2v) is 9.60. The molecule has 3 N–H and O–H groups in total. The quantitative estimate of drug-likeness (QED) is 0.181. The van der Waals surface area contributed by atoms with Crippen LogP contribution in [0.1, 0.15) is 30.4 Å². The topological polar surface area (TPSA) is 72.1 Å². The third-order valence-corrected chi connectivity index (χ3v) is 6.58. The molecule has 0 radical (unpaired) electrons. The first-order valence-corrected chi connectivity index (χ1v) is 13.3. The van der Waals surface area contributed by atoms with Crippen LogP contribution in [0, 0.1) is 5.92 Å². The molecule has 0 bridgehead atoms. The van der Waals surface area contributed by atoms with E-state index in [0.717, 1.165) is 56.0 Å². The summed E-state index contributed by atoms with van der Waals surface area (Å²) >= 11 is 0. The first-order chi connectivity index (χ1) is 18.9. The first-order valence-electron chi connectivity index (χ1n) is 13.3. The van der Waals surface area contributed by atoms with Crippen LogP contribution in [0.2, 0.25) is 0 Å². The number of anilines is 1. The third-order valence-electron chi connectivity index (χ3n) is 6.58. The number of likely N-dealkylation sites (tertiary alicyclic amines) is 1. The third kappa shape index (κ3) is 9.51. The SMILES string of the molecule is NCCCN=C(Nc1ccc(OCc2ccc(OC(F)(F)F)cc2)cc1)N1CCC(Cc2ccccc2)CC1. The maximum atomic E-state index is 12.3. The van der Waals surface area contributed by atoms with Crippen LogP contribution in [0.15, 0.2) is 83.9 Å². The van der Waals surface area contributed by atoms with Crippen molar-refractivity contribution in [2.24, 2.45) is 16.6 Å². The number of hydrogen-bond donors (Lipinski definition) is 2. The molecule has 208 valence electrons. The second-order valence-electron chi connectivity index (χ2n) is 9.60. The molecule has 9 heteroatoms. The number of nitrogens with two attached hydrogens (primary N) is 1. The van der Waals surface area contributed by atoms with Gasteiger partial charge in [-0.2, -0.15) is 0 Å². The molecule has 0 unspecified atom stereocenters. The highest BCUT2D eigenvalue weighted by atomic mass is 19.4. The Bertz CT molecular complexity index is 1160. The number of piperidine rings is 1. The number of nitrogens with zero attached hydrogens (tertiary/aromatic N) is 2. The number of hydrogen-bond acceptors (Lipinski definition) is 4. The highest BCUT2D eigenvalue weighted by Crippen LogP contribution is 2.25. The number of benzene rings is 3. The lowest BCUT2D eigenvalue weighted by Crippen LogP contribution is -2.42. The van der Waals surface area contributed by atoms with E-state index in [4.69, 9.17) is 15.5 Å². The molecule has 1 heterocycles. The predicted octanol–water partition coefficient (Wildman–Crippen LogP) is 6.24. The summed E-state index contributed by atoms with van der Waals surface area (Å²) in [5, 5.41) is 3.47. The summed E-state index contributed by atoms with van der Waals surface area (Å²) in [5.74, 6) is 1.92. The molecular formula is C30H35F3N4O2. The molecule has 0 aromatic heterocycles. The van der Waals surface area contributed by atoms with Crippen LogP contribution >= 0.6 is 0 Å². The average molecular weight is 541 g/mol. The van der Waals surface area contributed by atoms with Crippen molar-refractivity contribution in [2.75, 3.05) is 31.5 Å². The Kier molecular flexibility index (Phi) is 10.1. The van der Waals surface area contributed by atoms with E-state index in [1.165, 1.54) is 17.7 Å². The molecule has 1 aliphatic rings. The van der Waals surface area contributed by atoms with Crippen molar-refractivity contribution in [3.05, 3.63) is 90.0 Å². The minimum Gasteiger partial charge on any atom is -0.489 e. The molecule has 4 rings (SSSR count). The van der Waals surface area contributed by atoms with Gasteiger partial charge in [0.15, 0.2) is 5.96 Å². The normalized spacial score (nSPS) is 14.8. The molecule has 39 heavy (non-hydrogen) atoms. The molecular weight excluding hydrogens is 505 g/mol. The molecule has 6 nitrogen and oxygen atoms in total. The standard InChI is InChI=1S/C30H35F3N4O2/c31-30(32,33)39-28-11-7-25(8-12-28)22-38-27-13-9-26(10-14-27)36-29(35-18-4-17-34)37-19-15-24(16-20-37)21-23-5-2-1-3-6-23/h1-3,5-14,24H,4,15-22,34H2,(H,35,36). The van der Waals surface area contributed by atoms with E-state index in [-0.39, 0.29) is 12.4 Å². The van der Waals surface area contributed by atoms with Gasteiger partial charge in [-0.3, -0.25) is 4.99 Å². The summed E-state index contributed by atoms with van der Waals surface area (Å²) in [6.07, 6.45) is -0.548. The van der Waals surface area contributed by atoms with Crippen molar-refractivity contribution in [3.8, 4) is 11.5 Å². The molecule has 0 atom stereocenters. The molecule has 1 saturated heterocycles. The van der Waals surface area contributed by atoms with Crippen LogP contribution in [0.3, 0.4) is 0 Å². The highest BCUT2D eigenvalue weighted by Gasteiger charge is 2.31. The molecule has 0 saturated carbocycles. The predicted molar refractivity (Wildman–Crippen MR) is 148 cm³/mol. The molecule has 0 amide bonds. The average Bonchev–Trinajstić information content (AvgIpc) is 2.93. The molecule has 1 fully saturated rings. The fourth-order valence-electron chi connectivity index (χ4n) is 4.51. The Morgan fingerprint density at radius 3 is 2.21 bits per heavy atom. The van der Waals surface area contributed by atoms with Gasteiger partial charge in [0.1, 0.15) is 18.1 Å². The minimum atomic E-state index is -4.71. The summed E-state index contributed by atoms with van der Waals surface area (Å²) in [6, 6.07) is 23.8. The van der Waals surface area contributed by atoms with Gasteiger partial charge in [-0.15, -0.1) is 13.2 Å². The van der Waals surface area contributed by atoms with Crippen molar-refractivity contribution in [1.82, 2.24) is 4.90 Å². The Labute approximate surface area is 227 Å². The Morgan fingerprint density at radius 2 is 1.56 bits per heavy atom. The molecule has 3 aromatic carbocycles. The smallest absolute Gasteiger partial charge is 0.489 e. The zero-order valence-electron chi connectivity index (χ0n) is 21.9. The highest BCUT2D eigenvalue weighted by molar-refractivity contribution is 5.93. The number of alkyl halides is 3. The van der Waals surface area contributed by atoms with Crippen molar-refractivity contribution in [2.45, 2.75) is 38.7 Å². The lowest BCUT2D eigenvalue weighted by Gasteiger charge is -2.34. The minimum absolute atomic E-state index is 0.225. The zero-order valence-corrected chi connectivity index (χ0v) is 21.9. The van der Waals surface area contributed by atoms with E-state index in [1.54, 1.807) is 12.1 Å². The first kappa shape index (κ1) is 28.3. The van der Waals surface area contributed by atoms with Gasteiger partial charge in [0.05, 0.1) is 0 Å². The largest absolute Gasteiger partial charge is 0.573 e. The Balaban J connectivity index is 1.29. The van der Waals surface area contributed by atoms with E-state index in [0.29, 0.717) is 24.8 Å². The number of ether oxygens (including phenoxy) is 2. The van der Waals surface area contributed by atoms with Crippen LogP contribution in [0.25, 0.3) is 0 Å². The number of rotatable bonds is 10. The van der Waals surface area contributed by atoms with Gasteiger partial charge in [-0.1, -0.05) is 42.5 Å². The van der Waals surface area contributed by atoms with E-state index in [2.05, 4.69) is 45.3 Å². The van der Waals surface area contributed by atoms with Crippen molar-refractivity contribution >= 4 is 11.6 Å². The van der Waals surface area contributed by atoms with Gasteiger partial charge in [0, 0.05) is 25.3 Å². The lowest BCUT2D eigenvalue weighted by atomic mass is 9.90. The number of halogens is 3. The number of guanidine groups is 1. The number of aliphatic imine (C=N–C) groups is 1. The van der Waals surface area contributed by atoms with E-state index in [9.17, 15) is 13.2 Å². The fraction of sp³-hybridized carbons (Fsp3) is 0.367. The molecule has 0 aliphatic carbocycles. The van der Waals surface area contributed by atoms with E-state index >= 15 is 0 Å².